The summed E-state index contributed by atoms with van der Waals surface area (Å²) in [7, 11) is 1.90. The van der Waals surface area contributed by atoms with Crippen LogP contribution in [0.5, 0.6) is 0 Å². The van der Waals surface area contributed by atoms with Crippen LogP contribution in [0.4, 0.5) is 5.82 Å². The van der Waals surface area contributed by atoms with E-state index in [2.05, 4.69) is 30.6 Å². The summed E-state index contributed by atoms with van der Waals surface area (Å²) in [5, 5.41) is 27.0. The number of aliphatic hydroxyl groups is 2. The van der Waals surface area contributed by atoms with E-state index in [4.69, 9.17) is 4.74 Å². The largest absolute Gasteiger partial charge is 0.388 e. The van der Waals surface area contributed by atoms with Gasteiger partial charge in [-0.1, -0.05) is 0 Å². The molecule has 2 aromatic rings. The van der Waals surface area contributed by atoms with Crippen molar-refractivity contribution >= 4 is 22.9 Å². The molecule has 0 unspecified atom stereocenters. The molecule has 2 fully saturated rings. The number of imidazole rings is 1. The van der Waals surface area contributed by atoms with Gasteiger partial charge >= 0.3 is 0 Å². The fourth-order valence-corrected chi connectivity index (χ4v) is 3.90. The number of nitrogens with one attached hydrogen (secondary N) is 3. The van der Waals surface area contributed by atoms with Gasteiger partial charge in [0.25, 0.3) is 0 Å². The first kappa shape index (κ1) is 19.0. The van der Waals surface area contributed by atoms with Crippen LogP contribution in [0.25, 0.3) is 11.2 Å². The Hall–Kier alpha value is -2.34. The van der Waals surface area contributed by atoms with Crippen LogP contribution in [0.2, 0.25) is 0 Å². The minimum absolute atomic E-state index is 0.159. The highest BCUT2D eigenvalue weighted by Crippen LogP contribution is 2.25. The maximum atomic E-state index is 12.6. The molecule has 152 valence electrons. The average molecular weight is 391 g/mol. The number of aliphatic hydroxyl groups excluding tert-OH is 2. The highest BCUT2D eigenvalue weighted by atomic mass is 16.5. The van der Waals surface area contributed by atoms with Crippen LogP contribution in [0.15, 0.2) is 12.7 Å². The Labute approximate surface area is 161 Å². The summed E-state index contributed by atoms with van der Waals surface area (Å²) < 4.78 is 5.86. The number of H-pyrrole nitrogens is 1. The first-order chi connectivity index (χ1) is 13.5. The zero-order valence-electron chi connectivity index (χ0n) is 15.7. The topological polar surface area (TPSA) is 149 Å². The summed E-state index contributed by atoms with van der Waals surface area (Å²) in [5.41, 5.74) is 1.04. The monoisotopic (exact) mass is 391 g/mol. The third-order valence-electron chi connectivity index (χ3n) is 5.53. The minimum atomic E-state index is -1.27. The number of nitrogens with zero attached hydrogens (tertiary/aromatic N) is 4. The van der Waals surface area contributed by atoms with Gasteiger partial charge in [0.15, 0.2) is 17.7 Å². The summed E-state index contributed by atoms with van der Waals surface area (Å²) >= 11 is 0. The standard InChI is InChI=1S/C17H25N7O4/c1-8-10(22-16(27)9-4-3-5-24(9)2)12(25)13(26)17(28-8)23-15-11-14(19-6-18-11)20-7-21-15/h6-10,12-13,17,25-26H,3-5H2,1-2H3,(H,22,27)(H2,18,19,20,21,23)/t8-,9+,10-,12+,13-,17-/m0/s1. The molecular weight excluding hydrogens is 366 g/mol. The lowest BCUT2D eigenvalue weighted by atomic mass is 9.95. The van der Waals surface area contributed by atoms with Crippen LogP contribution < -0.4 is 10.6 Å². The van der Waals surface area contributed by atoms with E-state index >= 15 is 0 Å². The molecule has 11 heteroatoms. The number of fused-ring (bicyclic) bond motifs is 1. The molecule has 28 heavy (non-hydrogen) atoms. The SMILES string of the molecule is C[C@@H]1O[C@H](Nc2ncnc3nc[nH]c23)[C@@H](O)[C@H](O)[C@H]1NC(=O)[C@H]1CCCN1C. The Morgan fingerprint density at radius 3 is 2.89 bits per heavy atom. The van der Waals surface area contributed by atoms with E-state index in [9.17, 15) is 15.0 Å². The van der Waals surface area contributed by atoms with Gasteiger partial charge in [0.2, 0.25) is 5.91 Å². The van der Waals surface area contributed by atoms with E-state index in [-0.39, 0.29) is 11.9 Å². The second-order valence-corrected chi connectivity index (χ2v) is 7.38. The fraction of sp³-hybridized carbons (Fsp3) is 0.647. The minimum Gasteiger partial charge on any atom is -0.388 e. The van der Waals surface area contributed by atoms with Crippen LogP contribution in [0, 0.1) is 0 Å². The predicted molar refractivity (Wildman–Crippen MR) is 99.2 cm³/mol. The number of rotatable bonds is 4. The van der Waals surface area contributed by atoms with E-state index in [1.165, 1.54) is 12.7 Å². The van der Waals surface area contributed by atoms with E-state index in [0.717, 1.165) is 19.4 Å². The summed E-state index contributed by atoms with van der Waals surface area (Å²) in [5.74, 6) is 0.245. The van der Waals surface area contributed by atoms with Crippen molar-refractivity contribution in [2.45, 2.75) is 56.4 Å². The van der Waals surface area contributed by atoms with E-state index < -0.39 is 30.6 Å². The fourth-order valence-electron chi connectivity index (χ4n) is 3.90. The zero-order chi connectivity index (χ0) is 19.8. The van der Waals surface area contributed by atoms with Crippen molar-refractivity contribution < 1.29 is 19.7 Å². The van der Waals surface area contributed by atoms with Crippen molar-refractivity contribution in [1.82, 2.24) is 30.2 Å². The summed E-state index contributed by atoms with van der Waals surface area (Å²) in [4.78, 5) is 29.7. The number of hydrogen-bond acceptors (Lipinski definition) is 9. The van der Waals surface area contributed by atoms with Gasteiger partial charge in [-0.25, -0.2) is 15.0 Å². The van der Waals surface area contributed by atoms with Crippen molar-refractivity contribution in [2.75, 3.05) is 18.9 Å². The van der Waals surface area contributed by atoms with Crippen molar-refractivity contribution in [2.24, 2.45) is 0 Å². The van der Waals surface area contributed by atoms with Gasteiger partial charge in [0, 0.05) is 0 Å². The van der Waals surface area contributed by atoms with Gasteiger partial charge in [-0.15, -0.1) is 0 Å². The Morgan fingerprint density at radius 2 is 2.14 bits per heavy atom. The lowest BCUT2D eigenvalue weighted by molar-refractivity contribution is -0.173. The van der Waals surface area contributed by atoms with Gasteiger partial charge in [-0.2, -0.15) is 0 Å². The Morgan fingerprint density at radius 1 is 1.32 bits per heavy atom. The zero-order valence-corrected chi connectivity index (χ0v) is 15.7. The lowest BCUT2D eigenvalue weighted by Gasteiger charge is -2.42. The number of ether oxygens (including phenoxy) is 1. The van der Waals surface area contributed by atoms with Crippen molar-refractivity contribution in [3.05, 3.63) is 12.7 Å². The molecule has 0 spiro atoms. The predicted octanol–water partition coefficient (Wildman–Crippen LogP) is -1.19. The molecule has 4 rings (SSSR count). The normalized spacial score (nSPS) is 33.9. The molecule has 2 aliphatic rings. The lowest BCUT2D eigenvalue weighted by Crippen LogP contribution is -2.65. The summed E-state index contributed by atoms with van der Waals surface area (Å²) in [6, 6.07) is -0.936. The van der Waals surface area contributed by atoms with Gasteiger partial charge in [0.05, 0.1) is 24.5 Å². The van der Waals surface area contributed by atoms with Crippen LogP contribution in [0.3, 0.4) is 0 Å². The number of anilines is 1. The van der Waals surface area contributed by atoms with Gasteiger partial charge in [0.1, 0.15) is 24.1 Å². The third kappa shape index (κ3) is 3.41. The molecule has 0 bridgehead atoms. The van der Waals surface area contributed by atoms with Crippen molar-refractivity contribution in [3.8, 4) is 0 Å². The number of carbonyl (C=O) groups is 1. The van der Waals surface area contributed by atoms with Crippen molar-refractivity contribution in [1.29, 1.82) is 0 Å². The molecule has 6 atom stereocenters. The van der Waals surface area contributed by atoms with Crippen LogP contribution in [-0.4, -0.2) is 91.2 Å². The van der Waals surface area contributed by atoms with Gasteiger partial charge in [-0.3, -0.25) is 9.69 Å². The molecule has 11 nitrogen and oxygen atoms in total. The smallest absolute Gasteiger partial charge is 0.237 e. The number of likely N-dealkylation sites (N-methyl/N-ethyl adjacent to an activating group) is 1. The summed E-state index contributed by atoms with van der Waals surface area (Å²) in [6.45, 7) is 2.62. The Kier molecular flexibility index (Phi) is 5.15. The molecule has 2 aromatic heterocycles. The highest BCUT2D eigenvalue weighted by molar-refractivity contribution is 5.83. The van der Waals surface area contributed by atoms with Gasteiger partial charge < -0.3 is 30.6 Å². The number of carbonyl (C=O) groups excluding carboxylic acids is 1. The number of hydrogen-bond donors (Lipinski definition) is 5. The summed E-state index contributed by atoms with van der Waals surface area (Å²) in [6.07, 6.45) is 0.684. The molecule has 2 aliphatic heterocycles. The molecule has 4 heterocycles. The number of amides is 1. The molecule has 1 amide bonds. The van der Waals surface area contributed by atoms with Crippen LogP contribution in [-0.2, 0) is 9.53 Å². The first-order valence-corrected chi connectivity index (χ1v) is 9.38. The molecule has 5 N–H and O–H groups in total. The maximum absolute atomic E-state index is 12.6. The molecule has 2 saturated heterocycles. The first-order valence-electron chi connectivity index (χ1n) is 9.38. The van der Waals surface area contributed by atoms with E-state index in [1.54, 1.807) is 6.92 Å². The van der Waals surface area contributed by atoms with Gasteiger partial charge in [-0.05, 0) is 33.4 Å². The maximum Gasteiger partial charge on any atom is 0.237 e. The van der Waals surface area contributed by atoms with E-state index in [1.807, 2.05) is 11.9 Å². The second-order valence-electron chi connectivity index (χ2n) is 7.38. The third-order valence-corrected chi connectivity index (χ3v) is 5.53. The van der Waals surface area contributed by atoms with E-state index in [0.29, 0.717) is 17.0 Å². The number of aromatic amines is 1. The second kappa shape index (κ2) is 7.59. The van der Waals surface area contributed by atoms with Crippen molar-refractivity contribution in [3.63, 3.8) is 0 Å². The molecule has 0 radical (unpaired) electrons. The highest BCUT2D eigenvalue weighted by Gasteiger charge is 2.44. The Bertz CT molecular complexity index is 846. The average Bonchev–Trinajstić information content (AvgIpc) is 3.32. The quantitative estimate of drug-likeness (QED) is 0.434. The molecule has 0 aliphatic carbocycles. The Balaban J connectivity index is 1.45. The number of aromatic nitrogens is 4. The number of likely N-dealkylation sites (tertiary alicyclic amines) is 1. The molecular formula is C17H25N7O4. The molecule has 0 aromatic carbocycles. The molecule has 0 saturated carbocycles. The van der Waals surface area contributed by atoms with Crippen LogP contribution in [0.1, 0.15) is 19.8 Å². The van der Waals surface area contributed by atoms with Crippen LogP contribution >= 0.6 is 0 Å².